The van der Waals surface area contributed by atoms with Gasteiger partial charge in [0.05, 0.1) is 6.42 Å². The van der Waals surface area contributed by atoms with E-state index in [9.17, 15) is 14.4 Å². The quantitative estimate of drug-likeness (QED) is 0.0261. The molecule has 0 aromatic rings. The minimum Gasteiger partial charge on any atom is -0.462 e. The Hall–Kier alpha value is -3.67. The summed E-state index contributed by atoms with van der Waals surface area (Å²) in [6, 6.07) is 0. The molecular weight excluding hydrogens is 889 g/mol. The van der Waals surface area contributed by atoms with Crippen LogP contribution in [0.1, 0.15) is 284 Å². The molecule has 0 N–H and O–H groups in total. The molecule has 0 aromatic heterocycles. The van der Waals surface area contributed by atoms with Gasteiger partial charge in [0, 0.05) is 12.8 Å². The van der Waals surface area contributed by atoms with E-state index in [1.807, 2.05) is 6.08 Å². The van der Waals surface area contributed by atoms with Crippen LogP contribution in [0.5, 0.6) is 0 Å². The van der Waals surface area contributed by atoms with E-state index >= 15 is 0 Å². The van der Waals surface area contributed by atoms with Gasteiger partial charge in [0.1, 0.15) is 13.2 Å². The van der Waals surface area contributed by atoms with Crippen LogP contribution in [0.3, 0.4) is 0 Å². The molecule has 0 aliphatic carbocycles. The van der Waals surface area contributed by atoms with Crippen molar-refractivity contribution in [3.05, 3.63) is 97.2 Å². The molecular formula is C66H112O6. The van der Waals surface area contributed by atoms with Gasteiger partial charge in [-0.3, -0.25) is 14.4 Å². The van der Waals surface area contributed by atoms with Crippen LogP contribution in [0.25, 0.3) is 0 Å². The van der Waals surface area contributed by atoms with E-state index in [2.05, 4.69) is 106 Å². The fraction of sp³-hybridized carbons (Fsp3) is 0.712. The molecule has 0 aromatic carbocycles. The van der Waals surface area contributed by atoms with Gasteiger partial charge >= 0.3 is 17.9 Å². The smallest absolute Gasteiger partial charge is 0.310 e. The predicted molar refractivity (Wildman–Crippen MR) is 311 cm³/mol. The Kier molecular flexibility index (Phi) is 56.8. The van der Waals surface area contributed by atoms with Crippen molar-refractivity contribution in [2.45, 2.75) is 290 Å². The minimum absolute atomic E-state index is 0.0975. The fourth-order valence-corrected chi connectivity index (χ4v) is 8.35. The highest BCUT2D eigenvalue weighted by Crippen LogP contribution is 2.16. The zero-order valence-corrected chi connectivity index (χ0v) is 47.2. The largest absolute Gasteiger partial charge is 0.462 e. The lowest BCUT2D eigenvalue weighted by Crippen LogP contribution is -2.30. The van der Waals surface area contributed by atoms with E-state index < -0.39 is 12.1 Å². The van der Waals surface area contributed by atoms with Crippen LogP contribution in [-0.2, 0) is 28.6 Å². The number of unbranched alkanes of at least 4 members (excludes halogenated alkanes) is 28. The van der Waals surface area contributed by atoms with E-state index in [1.165, 1.54) is 161 Å². The predicted octanol–water partition coefficient (Wildman–Crippen LogP) is 20.5. The van der Waals surface area contributed by atoms with E-state index in [1.54, 1.807) is 6.08 Å². The number of carbonyl (C=O) groups is 3. The number of ether oxygens (including phenoxy) is 3. The second kappa shape index (κ2) is 59.9. The third-order valence-corrected chi connectivity index (χ3v) is 12.9. The molecule has 0 rings (SSSR count). The third-order valence-electron chi connectivity index (χ3n) is 12.9. The highest BCUT2D eigenvalue weighted by Gasteiger charge is 2.19. The molecule has 0 spiro atoms. The monoisotopic (exact) mass is 1000 g/mol. The van der Waals surface area contributed by atoms with E-state index in [4.69, 9.17) is 14.2 Å². The molecule has 0 bridgehead atoms. The molecule has 0 saturated carbocycles. The van der Waals surface area contributed by atoms with Crippen molar-refractivity contribution in [2.24, 2.45) is 0 Å². The Balaban J connectivity index is 4.03. The molecule has 1 atom stereocenters. The summed E-state index contributed by atoms with van der Waals surface area (Å²) in [4.78, 5) is 37.8. The van der Waals surface area contributed by atoms with E-state index in [-0.39, 0.29) is 31.6 Å². The first-order valence-electron chi connectivity index (χ1n) is 30.2. The van der Waals surface area contributed by atoms with Gasteiger partial charge in [-0.1, -0.05) is 279 Å². The van der Waals surface area contributed by atoms with Gasteiger partial charge < -0.3 is 14.2 Å². The van der Waals surface area contributed by atoms with Gasteiger partial charge in [0.2, 0.25) is 0 Å². The van der Waals surface area contributed by atoms with Gasteiger partial charge in [-0.2, -0.15) is 0 Å². The summed E-state index contributed by atoms with van der Waals surface area (Å²) in [6.45, 7) is 6.37. The lowest BCUT2D eigenvalue weighted by Gasteiger charge is -2.18. The van der Waals surface area contributed by atoms with Crippen molar-refractivity contribution < 1.29 is 28.6 Å². The number of carbonyl (C=O) groups excluding carboxylic acids is 3. The molecule has 0 aliphatic rings. The second-order valence-corrected chi connectivity index (χ2v) is 19.9. The number of rotatable bonds is 54. The van der Waals surface area contributed by atoms with Crippen LogP contribution in [-0.4, -0.2) is 37.2 Å². The zero-order chi connectivity index (χ0) is 52.2. The maximum absolute atomic E-state index is 12.7. The SMILES string of the molecule is CC/C=C\C/C=C\C/C=C\C/C=C\C/C=C\CC(=O)OC(COC(=O)CCCCCCCC)COC(=O)CCCCCCCCCCCCCCCCCCCC/C=C\C/C=C\C/C=C\CCCCCCC. The summed E-state index contributed by atoms with van der Waals surface area (Å²) < 4.78 is 16.6. The molecule has 0 saturated heterocycles. The van der Waals surface area contributed by atoms with Crippen LogP contribution in [0.4, 0.5) is 0 Å². The molecule has 1 unspecified atom stereocenters. The van der Waals surface area contributed by atoms with Gasteiger partial charge in [0.15, 0.2) is 6.10 Å². The topological polar surface area (TPSA) is 78.9 Å². The van der Waals surface area contributed by atoms with Crippen LogP contribution < -0.4 is 0 Å². The van der Waals surface area contributed by atoms with Crippen molar-refractivity contribution in [2.75, 3.05) is 13.2 Å². The zero-order valence-electron chi connectivity index (χ0n) is 47.2. The summed E-state index contributed by atoms with van der Waals surface area (Å²) in [5.41, 5.74) is 0. The summed E-state index contributed by atoms with van der Waals surface area (Å²) >= 11 is 0. The van der Waals surface area contributed by atoms with Crippen molar-refractivity contribution >= 4 is 17.9 Å². The Bertz CT molecular complexity index is 1430. The van der Waals surface area contributed by atoms with Crippen molar-refractivity contribution in [1.29, 1.82) is 0 Å². The maximum Gasteiger partial charge on any atom is 0.310 e. The minimum atomic E-state index is -0.827. The highest BCUT2D eigenvalue weighted by atomic mass is 16.6. The number of hydrogen-bond donors (Lipinski definition) is 0. The summed E-state index contributed by atoms with van der Waals surface area (Å²) in [6.07, 6.45) is 80.6. The summed E-state index contributed by atoms with van der Waals surface area (Å²) in [5, 5.41) is 0. The number of allylic oxidation sites excluding steroid dienone is 15. The lowest BCUT2D eigenvalue weighted by molar-refractivity contribution is -0.166. The third kappa shape index (κ3) is 57.2. The molecule has 6 nitrogen and oxygen atoms in total. The molecule has 0 fully saturated rings. The molecule has 6 heteroatoms. The first-order chi connectivity index (χ1) is 35.5. The molecule has 0 aliphatic heterocycles. The van der Waals surface area contributed by atoms with Gasteiger partial charge in [-0.05, 0) is 83.5 Å². The van der Waals surface area contributed by atoms with Crippen molar-refractivity contribution in [3.8, 4) is 0 Å². The number of esters is 3. The lowest BCUT2D eigenvalue weighted by atomic mass is 10.0. The average molecular weight is 1000 g/mol. The van der Waals surface area contributed by atoms with Crippen molar-refractivity contribution in [3.63, 3.8) is 0 Å². The highest BCUT2D eigenvalue weighted by molar-refractivity contribution is 5.72. The molecule has 0 heterocycles. The standard InChI is InChI=1S/C66H112O6/c1-4-7-10-13-16-18-20-22-24-25-26-27-28-29-30-31-32-33-34-35-36-37-38-39-40-41-43-44-46-48-50-53-56-59-65(68)71-62-63(61-70-64(67)58-55-52-15-12-9-6-3)72-66(69)60-57-54-51-49-47-45-42-23-21-19-17-14-11-8-5-2/h8,11,17,19-20,22-23,25-26,28-29,42,47,49,54,57,63H,4-7,9-10,12-16,18,21,24,27,30-41,43-46,48,50-53,55-56,58-62H2,1-3H3/b11-8-,19-17-,22-20-,26-25-,29-28-,42-23-,49-47-,57-54-. The van der Waals surface area contributed by atoms with Crippen LogP contribution in [0, 0.1) is 0 Å². The van der Waals surface area contributed by atoms with Gasteiger partial charge in [-0.25, -0.2) is 0 Å². The summed E-state index contributed by atoms with van der Waals surface area (Å²) in [7, 11) is 0. The fourth-order valence-electron chi connectivity index (χ4n) is 8.35. The summed E-state index contributed by atoms with van der Waals surface area (Å²) in [5.74, 6) is -1.05. The van der Waals surface area contributed by atoms with E-state index in [0.717, 1.165) is 83.5 Å². The van der Waals surface area contributed by atoms with Crippen LogP contribution in [0.15, 0.2) is 97.2 Å². The first-order valence-corrected chi connectivity index (χ1v) is 30.2. The van der Waals surface area contributed by atoms with E-state index in [0.29, 0.717) is 12.8 Å². The Morgan fingerprint density at radius 1 is 0.306 bits per heavy atom. The Labute approximate surface area is 445 Å². The molecule has 0 radical (unpaired) electrons. The second-order valence-electron chi connectivity index (χ2n) is 19.9. The van der Waals surface area contributed by atoms with Crippen LogP contribution >= 0.6 is 0 Å². The average Bonchev–Trinajstić information content (AvgIpc) is 3.38. The Morgan fingerprint density at radius 2 is 0.583 bits per heavy atom. The van der Waals surface area contributed by atoms with Gasteiger partial charge in [-0.15, -0.1) is 0 Å². The molecule has 0 amide bonds. The molecule has 72 heavy (non-hydrogen) atoms. The normalized spacial score (nSPS) is 12.8. The van der Waals surface area contributed by atoms with Crippen LogP contribution in [0.2, 0.25) is 0 Å². The molecule has 412 valence electrons. The number of hydrogen-bond acceptors (Lipinski definition) is 6. The van der Waals surface area contributed by atoms with Crippen molar-refractivity contribution in [1.82, 2.24) is 0 Å². The first kappa shape index (κ1) is 68.3. The van der Waals surface area contributed by atoms with Gasteiger partial charge in [0.25, 0.3) is 0 Å². The Morgan fingerprint density at radius 3 is 0.917 bits per heavy atom. The maximum atomic E-state index is 12.7.